The molecule has 0 saturated heterocycles. The van der Waals surface area contributed by atoms with Gasteiger partial charge < -0.3 is 20.2 Å². The van der Waals surface area contributed by atoms with E-state index in [1.165, 1.54) is 12.3 Å². The van der Waals surface area contributed by atoms with Gasteiger partial charge in [-0.25, -0.2) is 9.87 Å². The summed E-state index contributed by atoms with van der Waals surface area (Å²) < 4.78 is 19.8. The second-order valence-electron chi connectivity index (χ2n) is 7.86. The topological polar surface area (TPSA) is 84.5 Å². The number of benzene rings is 2. The van der Waals surface area contributed by atoms with Crippen molar-refractivity contribution in [2.75, 3.05) is 31.0 Å². The maximum Gasteiger partial charge on any atom is 0.252 e. The first-order chi connectivity index (χ1) is 17.1. The molecule has 1 unspecified atom stereocenters. The minimum absolute atomic E-state index is 0.166. The van der Waals surface area contributed by atoms with E-state index in [4.69, 9.17) is 9.57 Å². The molecule has 1 aliphatic carbocycles. The van der Waals surface area contributed by atoms with Crippen LogP contribution in [0.25, 0.3) is 5.57 Å². The van der Waals surface area contributed by atoms with Gasteiger partial charge in [0, 0.05) is 43.8 Å². The molecule has 3 aromatic rings. The number of anilines is 2. The van der Waals surface area contributed by atoms with Crippen LogP contribution in [-0.2, 0) is 9.57 Å². The van der Waals surface area contributed by atoms with Gasteiger partial charge in [0.1, 0.15) is 11.9 Å². The number of nitrogens with zero attached hydrogens (tertiary/aromatic N) is 1. The molecule has 0 spiro atoms. The average molecular weight is 475 g/mol. The first-order valence-corrected chi connectivity index (χ1v) is 11.3. The van der Waals surface area contributed by atoms with Gasteiger partial charge in [-0.15, -0.1) is 0 Å². The Morgan fingerprint density at radius 1 is 1.09 bits per heavy atom. The van der Waals surface area contributed by atoms with E-state index in [0.717, 1.165) is 16.9 Å². The van der Waals surface area contributed by atoms with Crippen LogP contribution in [0, 0.1) is 5.82 Å². The number of halogens is 1. The maximum atomic E-state index is 14.2. The van der Waals surface area contributed by atoms with Crippen LogP contribution in [0.4, 0.5) is 15.8 Å². The van der Waals surface area contributed by atoms with Crippen molar-refractivity contribution in [1.29, 1.82) is 0 Å². The van der Waals surface area contributed by atoms with Crippen molar-refractivity contribution in [3.63, 3.8) is 0 Å². The standard InChI is InChI=1S/C27H27FN4O3/c1-34-25-12-11-19(23-9-2-3-10-24(23)28)16-26(25)35-32-22-8-4-7-21(17-22)30-14-15-31-27(33)20-6-5-13-29-18-20/h2-11,13,16-18,25,30,32H,12,14-15H2,1H3,(H,31,33). The molecule has 35 heavy (non-hydrogen) atoms. The summed E-state index contributed by atoms with van der Waals surface area (Å²) in [6.07, 6.45) is 7.18. The predicted octanol–water partition coefficient (Wildman–Crippen LogP) is 4.79. The van der Waals surface area contributed by atoms with E-state index < -0.39 is 0 Å². The zero-order valence-corrected chi connectivity index (χ0v) is 19.3. The fourth-order valence-electron chi connectivity index (χ4n) is 3.64. The molecule has 4 rings (SSSR count). The first kappa shape index (κ1) is 24.0. The Morgan fingerprint density at radius 2 is 1.94 bits per heavy atom. The Labute approximate surface area is 203 Å². The van der Waals surface area contributed by atoms with E-state index in [9.17, 15) is 9.18 Å². The Kier molecular flexibility index (Phi) is 8.08. The van der Waals surface area contributed by atoms with Crippen LogP contribution in [0.5, 0.6) is 0 Å². The molecular weight excluding hydrogens is 447 g/mol. The number of methoxy groups -OCH3 is 1. The SMILES string of the molecule is COC1CC=C(c2ccccc2F)C=C1ONc1cccc(NCCNC(=O)c2cccnc2)c1. The minimum Gasteiger partial charge on any atom is -0.384 e. The molecule has 2 aromatic carbocycles. The van der Waals surface area contributed by atoms with Crippen LogP contribution < -0.4 is 16.1 Å². The predicted molar refractivity (Wildman–Crippen MR) is 134 cm³/mol. The Hall–Kier alpha value is -4.17. The molecule has 0 fully saturated rings. The van der Waals surface area contributed by atoms with Gasteiger partial charge in [0.25, 0.3) is 5.91 Å². The molecule has 180 valence electrons. The quantitative estimate of drug-likeness (QED) is 0.289. The number of pyridine rings is 1. The van der Waals surface area contributed by atoms with Crippen molar-refractivity contribution in [2.24, 2.45) is 0 Å². The van der Waals surface area contributed by atoms with Crippen molar-refractivity contribution in [3.8, 4) is 0 Å². The third-order valence-corrected chi connectivity index (χ3v) is 5.45. The van der Waals surface area contributed by atoms with Crippen LogP contribution >= 0.6 is 0 Å². The molecule has 0 radical (unpaired) electrons. The number of aromatic nitrogens is 1. The van der Waals surface area contributed by atoms with Gasteiger partial charge in [-0.3, -0.25) is 9.78 Å². The molecule has 1 atom stereocenters. The lowest BCUT2D eigenvalue weighted by Crippen LogP contribution is -2.28. The fraction of sp³-hybridized carbons (Fsp3) is 0.185. The number of carbonyl (C=O) groups is 1. The molecule has 1 aromatic heterocycles. The van der Waals surface area contributed by atoms with Crippen LogP contribution in [0.2, 0.25) is 0 Å². The molecule has 7 nitrogen and oxygen atoms in total. The number of nitrogens with one attached hydrogen (secondary N) is 3. The van der Waals surface area contributed by atoms with Gasteiger partial charge in [0.05, 0.1) is 11.3 Å². The summed E-state index contributed by atoms with van der Waals surface area (Å²) in [5.74, 6) is 0.110. The average Bonchev–Trinajstić information content (AvgIpc) is 2.90. The second-order valence-corrected chi connectivity index (χ2v) is 7.86. The smallest absolute Gasteiger partial charge is 0.252 e. The maximum absolute atomic E-state index is 14.2. The van der Waals surface area contributed by atoms with Crippen molar-refractivity contribution in [1.82, 2.24) is 10.3 Å². The van der Waals surface area contributed by atoms with Crippen LogP contribution in [0.15, 0.2) is 91.0 Å². The van der Waals surface area contributed by atoms with Crippen LogP contribution in [-0.4, -0.2) is 37.2 Å². The van der Waals surface area contributed by atoms with Gasteiger partial charge in [0.15, 0.2) is 5.76 Å². The zero-order valence-electron chi connectivity index (χ0n) is 19.3. The minimum atomic E-state index is -0.284. The number of amides is 1. The molecule has 1 amide bonds. The number of hydrogen-bond acceptors (Lipinski definition) is 6. The van der Waals surface area contributed by atoms with E-state index >= 15 is 0 Å². The van der Waals surface area contributed by atoms with Crippen molar-refractivity contribution < 1.29 is 18.8 Å². The first-order valence-electron chi connectivity index (χ1n) is 11.3. The van der Waals surface area contributed by atoms with Crippen LogP contribution in [0.1, 0.15) is 22.3 Å². The van der Waals surface area contributed by atoms with Gasteiger partial charge in [0.2, 0.25) is 0 Å². The number of ether oxygens (including phenoxy) is 1. The molecule has 1 heterocycles. The molecule has 0 bridgehead atoms. The molecule has 0 saturated carbocycles. The van der Waals surface area contributed by atoms with E-state index in [1.54, 1.807) is 49.7 Å². The van der Waals surface area contributed by atoms with Crippen molar-refractivity contribution in [3.05, 3.63) is 108 Å². The largest absolute Gasteiger partial charge is 0.384 e. The third-order valence-electron chi connectivity index (χ3n) is 5.45. The summed E-state index contributed by atoms with van der Waals surface area (Å²) in [6.45, 7) is 0.999. The number of rotatable bonds is 10. The van der Waals surface area contributed by atoms with Crippen LogP contribution in [0.3, 0.4) is 0 Å². The lowest BCUT2D eigenvalue weighted by atomic mass is 9.96. The summed E-state index contributed by atoms with van der Waals surface area (Å²) >= 11 is 0. The Balaban J connectivity index is 1.32. The normalized spacial score (nSPS) is 15.0. The number of allylic oxidation sites excluding steroid dienone is 2. The lowest BCUT2D eigenvalue weighted by molar-refractivity contribution is 0.0791. The summed E-state index contributed by atoms with van der Waals surface area (Å²) in [6, 6.07) is 17.7. The highest BCUT2D eigenvalue weighted by molar-refractivity contribution is 5.93. The van der Waals surface area contributed by atoms with Gasteiger partial charge in [-0.2, -0.15) is 0 Å². The lowest BCUT2D eigenvalue weighted by Gasteiger charge is -2.23. The van der Waals surface area contributed by atoms with E-state index in [1.807, 2.05) is 30.3 Å². The highest BCUT2D eigenvalue weighted by Gasteiger charge is 2.21. The molecule has 1 aliphatic rings. The molecular formula is C27H27FN4O3. The second kappa shape index (κ2) is 11.8. The van der Waals surface area contributed by atoms with E-state index in [0.29, 0.717) is 36.4 Å². The van der Waals surface area contributed by atoms with E-state index in [-0.39, 0.29) is 17.8 Å². The summed E-state index contributed by atoms with van der Waals surface area (Å²) in [7, 11) is 1.61. The number of hydrogen-bond donors (Lipinski definition) is 3. The van der Waals surface area contributed by atoms with Gasteiger partial charge in [-0.05, 0) is 54.5 Å². The van der Waals surface area contributed by atoms with E-state index in [2.05, 4.69) is 21.1 Å². The van der Waals surface area contributed by atoms with Gasteiger partial charge >= 0.3 is 0 Å². The Bertz CT molecular complexity index is 1210. The van der Waals surface area contributed by atoms with Gasteiger partial charge in [-0.1, -0.05) is 30.3 Å². The molecule has 3 N–H and O–H groups in total. The monoisotopic (exact) mass is 474 g/mol. The highest BCUT2D eigenvalue weighted by atomic mass is 19.1. The molecule has 0 aliphatic heterocycles. The van der Waals surface area contributed by atoms with Crippen molar-refractivity contribution >= 4 is 22.9 Å². The molecule has 8 heteroatoms. The highest BCUT2D eigenvalue weighted by Crippen LogP contribution is 2.29. The van der Waals surface area contributed by atoms with Crippen molar-refractivity contribution in [2.45, 2.75) is 12.5 Å². The summed E-state index contributed by atoms with van der Waals surface area (Å²) in [5.41, 5.74) is 6.33. The zero-order chi connectivity index (χ0) is 24.5. The summed E-state index contributed by atoms with van der Waals surface area (Å²) in [5, 5.41) is 6.12. The summed E-state index contributed by atoms with van der Waals surface area (Å²) in [4.78, 5) is 21.9. The Morgan fingerprint density at radius 3 is 2.74 bits per heavy atom. The number of carbonyl (C=O) groups excluding carboxylic acids is 1. The fourth-order valence-corrected chi connectivity index (χ4v) is 3.64. The third kappa shape index (κ3) is 6.45.